The first-order valence-electron chi connectivity index (χ1n) is 3.97. The van der Waals surface area contributed by atoms with Crippen LogP contribution in [0, 0.1) is 0 Å². The molecule has 0 radical (unpaired) electrons. The number of hydrogen-bond donors (Lipinski definition) is 1. The molecule has 1 unspecified atom stereocenters. The molecule has 12 heavy (non-hydrogen) atoms. The molecule has 0 spiro atoms. The second kappa shape index (κ2) is 7.37. The smallest absolute Gasteiger partial charge is 0.0487 e. The summed E-state index contributed by atoms with van der Waals surface area (Å²) in [6.07, 6.45) is 4.30. The quantitative estimate of drug-likeness (QED) is 0.623. The molecule has 0 aliphatic rings. The minimum Gasteiger partial charge on any atom is -0.327 e. The van der Waals surface area contributed by atoms with Crippen molar-refractivity contribution < 1.29 is 3.89 Å². The highest BCUT2D eigenvalue weighted by atomic mass is 32.2. The summed E-state index contributed by atoms with van der Waals surface area (Å²) in [5.74, 6) is 0.390. The van der Waals surface area contributed by atoms with Crippen molar-refractivity contribution in [2.75, 3.05) is 5.75 Å². The third-order valence-corrected chi connectivity index (χ3v) is 2.11. The third kappa shape index (κ3) is 6.43. The Kier molecular flexibility index (Phi) is 7.20. The molecule has 0 saturated carbocycles. The average molecular weight is 189 g/mol. The molecule has 0 bridgehead atoms. The van der Waals surface area contributed by atoms with Crippen molar-refractivity contribution in [3.63, 3.8) is 0 Å². The van der Waals surface area contributed by atoms with Crippen LogP contribution in [0.5, 0.6) is 0 Å². The lowest BCUT2D eigenvalue weighted by atomic mass is 10.1. The van der Waals surface area contributed by atoms with E-state index in [-0.39, 0.29) is 6.04 Å². The molecular weight excluding hydrogens is 173 g/mol. The fourth-order valence-electron chi connectivity index (χ4n) is 0.871. The molecule has 1 atom stereocenters. The maximum Gasteiger partial charge on any atom is 0.0487 e. The minimum atomic E-state index is 0.142. The Bertz CT molecular complexity index is 147. The first-order chi connectivity index (χ1) is 5.70. The van der Waals surface area contributed by atoms with E-state index in [0.29, 0.717) is 17.9 Å². The molecule has 0 fully saturated rings. The summed E-state index contributed by atoms with van der Waals surface area (Å²) in [5.41, 5.74) is 6.63. The predicted molar refractivity (Wildman–Crippen MR) is 54.7 cm³/mol. The van der Waals surface area contributed by atoms with Gasteiger partial charge in [-0.1, -0.05) is 18.2 Å². The fraction of sp³-hybridized carbons (Fsp3) is 0.556. The summed E-state index contributed by atoms with van der Waals surface area (Å²) in [6.45, 7) is 7.33. The molecule has 3 heteroatoms. The predicted octanol–water partition coefficient (Wildman–Crippen LogP) is 2.84. The summed E-state index contributed by atoms with van der Waals surface area (Å²) < 4.78 is 11.7. The lowest BCUT2D eigenvalue weighted by Crippen LogP contribution is -2.18. The minimum absolute atomic E-state index is 0.142. The lowest BCUT2D eigenvalue weighted by molar-refractivity contribution is 0.620. The standard InChI is InChI=1S/C9H16FNS/c1-3-4-9(11)6-5-8(2)7-12-10/h3,9H,1-2,4-7,11H2. The van der Waals surface area contributed by atoms with Gasteiger partial charge in [0.15, 0.2) is 0 Å². The summed E-state index contributed by atoms with van der Waals surface area (Å²) >= 11 is 0.314. The molecule has 0 heterocycles. The van der Waals surface area contributed by atoms with Gasteiger partial charge in [-0.25, -0.2) is 0 Å². The van der Waals surface area contributed by atoms with Crippen molar-refractivity contribution in [3.05, 3.63) is 24.8 Å². The zero-order valence-electron chi connectivity index (χ0n) is 7.26. The maximum atomic E-state index is 11.7. The normalized spacial score (nSPS) is 12.5. The molecule has 0 aliphatic heterocycles. The first kappa shape index (κ1) is 11.7. The zero-order chi connectivity index (χ0) is 9.40. The second-order valence-corrected chi connectivity index (χ2v) is 3.33. The van der Waals surface area contributed by atoms with Gasteiger partial charge < -0.3 is 5.73 Å². The van der Waals surface area contributed by atoms with Gasteiger partial charge in [0.25, 0.3) is 0 Å². The van der Waals surface area contributed by atoms with Crippen LogP contribution in [0.2, 0.25) is 0 Å². The SMILES string of the molecule is C=CCC(N)CCC(=C)CSF. The Morgan fingerprint density at radius 3 is 2.83 bits per heavy atom. The van der Waals surface area contributed by atoms with Crippen molar-refractivity contribution in [1.29, 1.82) is 0 Å². The van der Waals surface area contributed by atoms with Crippen molar-refractivity contribution in [2.24, 2.45) is 5.73 Å². The highest BCUT2D eigenvalue weighted by molar-refractivity contribution is 7.94. The molecular formula is C9H16FNS. The third-order valence-electron chi connectivity index (χ3n) is 1.60. The highest BCUT2D eigenvalue weighted by Crippen LogP contribution is 2.13. The van der Waals surface area contributed by atoms with E-state index < -0.39 is 0 Å². The van der Waals surface area contributed by atoms with Gasteiger partial charge in [-0.05, 0) is 19.3 Å². The van der Waals surface area contributed by atoms with Gasteiger partial charge in [0, 0.05) is 23.9 Å². The number of hydrogen-bond acceptors (Lipinski definition) is 2. The van der Waals surface area contributed by atoms with Crippen LogP contribution in [0.25, 0.3) is 0 Å². The van der Waals surface area contributed by atoms with Crippen LogP contribution in [-0.4, -0.2) is 11.8 Å². The zero-order valence-corrected chi connectivity index (χ0v) is 8.08. The highest BCUT2D eigenvalue weighted by Gasteiger charge is 2.01. The molecule has 0 amide bonds. The summed E-state index contributed by atoms with van der Waals surface area (Å²) in [6, 6.07) is 0.142. The number of nitrogens with two attached hydrogens (primary N) is 1. The largest absolute Gasteiger partial charge is 0.327 e. The van der Waals surface area contributed by atoms with E-state index in [1.54, 1.807) is 6.08 Å². The van der Waals surface area contributed by atoms with Crippen molar-refractivity contribution >= 4 is 12.1 Å². The topological polar surface area (TPSA) is 26.0 Å². The Hall–Kier alpha value is -0.280. The van der Waals surface area contributed by atoms with Gasteiger partial charge in [0.05, 0.1) is 0 Å². The lowest BCUT2D eigenvalue weighted by Gasteiger charge is -2.08. The van der Waals surface area contributed by atoms with Gasteiger partial charge in [-0.2, -0.15) is 3.89 Å². The summed E-state index contributed by atoms with van der Waals surface area (Å²) in [5, 5.41) is 0. The Labute approximate surface area is 78.2 Å². The van der Waals surface area contributed by atoms with Crippen molar-refractivity contribution in [1.82, 2.24) is 0 Å². The van der Waals surface area contributed by atoms with E-state index in [4.69, 9.17) is 5.73 Å². The van der Waals surface area contributed by atoms with E-state index in [1.807, 2.05) is 0 Å². The monoisotopic (exact) mass is 189 g/mol. The molecule has 1 nitrogen and oxygen atoms in total. The van der Waals surface area contributed by atoms with Gasteiger partial charge in [-0.3, -0.25) is 0 Å². The summed E-state index contributed by atoms with van der Waals surface area (Å²) in [7, 11) is 0. The van der Waals surface area contributed by atoms with E-state index in [1.165, 1.54) is 0 Å². The van der Waals surface area contributed by atoms with Crippen LogP contribution in [0.1, 0.15) is 19.3 Å². The molecule has 0 saturated heterocycles. The number of halogens is 1. The Balaban J connectivity index is 3.39. The second-order valence-electron chi connectivity index (χ2n) is 2.83. The van der Waals surface area contributed by atoms with Crippen LogP contribution >= 0.6 is 12.1 Å². The Morgan fingerprint density at radius 2 is 2.33 bits per heavy atom. The first-order valence-corrected chi connectivity index (χ1v) is 4.86. The van der Waals surface area contributed by atoms with Crippen LogP contribution in [0.3, 0.4) is 0 Å². The van der Waals surface area contributed by atoms with Crippen LogP contribution in [0.4, 0.5) is 3.89 Å². The van der Waals surface area contributed by atoms with Gasteiger partial charge in [-0.15, -0.1) is 6.58 Å². The van der Waals surface area contributed by atoms with Gasteiger partial charge in [0.1, 0.15) is 0 Å². The van der Waals surface area contributed by atoms with Crippen molar-refractivity contribution in [3.8, 4) is 0 Å². The molecule has 0 aliphatic carbocycles. The van der Waals surface area contributed by atoms with Gasteiger partial charge >= 0.3 is 0 Å². The van der Waals surface area contributed by atoms with Crippen LogP contribution in [-0.2, 0) is 0 Å². The molecule has 0 aromatic carbocycles. The average Bonchev–Trinajstić information content (AvgIpc) is 2.02. The van der Waals surface area contributed by atoms with E-state index >= 15 is 0 Å². The van der Waals surface area contributed by atoms with E-state index in [0.717, 1.165) is 24.8 Å². The van der Waals surface area contributed by atoms with Crippen LogP contribution in [0.15, 0.2) is 24.8 Å². The molecule has 0 aromatic rings. The summed E-state index contributed by atoms with van der Waals surface area (Å²) in [4.78, 5) is 0. The van der Waals surface area contributed by atoms with E-state index in [9.17, 15) is 3.89 Å². The molecule has 0 aromatic heterocycles. The van der Waals surface area contributed by atoms with Gasteiger partial charge in [0.2, 0.25) is 0 Å². The Morgan fingerprint density at radius 1 is 1.67 bits per heavy atom. The molecule has 2 N–H and O–H groups in total. The van der Waals surface area contributed by atoms with Crippen molar-refractivity contribution in [2.45, 2.75) is 25.3 Å². The molecule has 0 rings (SSSR count). The van der Waals surface area contributed by atoms with E-state index in [2.05, 4.69) is 13.2 Å². The maximum absolute atomic E-state index is 11.7. The fourth-order valence-corrected chi connectivity index (χ4v) is 1.17. The van der Waals surface area contributed by atoms with Crippen LogP contribution < -0.4 is 5.73 Å². The number of rotatable bonds is 7. The molecule has 70 valence electrons.